The van der Waals surface area contributed by atoms with Crippen molar-refractivity contribution in [2.24, 2.45) is 5.92 Å². The third kappa shape index (κ3) is 2.21. The van der Waals surface area contributed by atoms with Crippen LogP contribution < -0.4 is 5.32 Å². The van der Waals surface area contributed by atoms with Gasteiger partial charge in [0.15, 0.2) is 0 Å². The third-order valence-electron chi connectivity index (χ3n) is 2.97. The summed E-state index contributed by atoms with van der Waals surface area (Å²) in [6.45, 7) is 1.86. The predicted molar refractivity (Wildman–Crippen MR) is 49.3 cm³/mol. The zero-order valence-electron chi connectivity index (χ0n) is 7.92. The molecule has 0 spiro atoms. The quantitative estimate of drug-likeness (QED) is 0.651. The average molecular weight is 183 g/mol. The maximum absolute atomic E-state index is 11.5. The van der Waals surface area contributed by atoms with Gasteiger partial charge >= 0.3 is 5.97 Å². The van der Waals surface area contributed by atoms with Crippen molar-refractivity contribution < 1.29 is 9.53 Å². The number of esters is 1. The Balaban J connectivity index is 1.74. The molecule has 1 heterocycles. The normalized spacial score (nSPS) is 29.4. The van der Waals surface area contributed by atoms with Gasteiger partial charge in [-0.05, 0) is 38.6 Å². The van der Waals surface area contributed by atoms with E-state index in [0.29, 0.717) is 0 Å². The number of piperidine rings is 1. The van der Waals surface area contributed by atoms with Crippen molar-refractivity contribution >= 4 is 5.97 Å². The Labute approximate surface area is 78.8 Å². The third-order valence-corrected chi connectivity index (χ3v) is 2.97. The van der Waals surface area contributed by atoms with Crippen molar-refractivity contribution in [1.82, 2.24) is 5.32 Å². The van der Waals surface area contributed by atoms with E-state index >= 15 is 0 Å². The number of carbonyl (C=O) groups excluding carboxylic acids is 1. The highest BCUT2D eigenvalue weighted by atomic mass is 16.5. The van der Waals surface area contributed by atoms with Crippen LogP contribution >= 0.6 is 0 Å². The van der Waals surface area contributed by atoms with E-state index in [1.54, 1.807) is 0 Å². The van der Waals surface area contributed by atoms with Gasteiger partial charge < -0.3 is 10.1 Å². The Hall–Kier alpha value is -0.570. The second-order valence-electron chi connectivity index (χ2n) is 4.03. The molecule has 2 rings (SSSR count). The lowest BCUT2D eigenvalue weighted by Gasteiger charge is -2.28. The van der Waals surface area contributed by atoms with Crippen LogP contribution in [0.1, 0.15) is 32.1 Å². The molecular weight excluding hydrogens is 166 g/mol. The van der Waals surface area contributed by atoms with Crippen LogP contribution in [-0.4, -0.2) is 25.2 Å². The van der Waals surface area contributed by atoms with Crippen LogP contribution in [0.5, 0.6) is 0 Å². The molecule has 3 heteroatoms. The first kappa shape index (κ1) is 9.00. The Morgan fingerprint density at radius 1 is 1.23 bits per heavy atom. The first-order chi connectivity index (χ1) is 6.36. The van der Waals surface area contributed by atoms with Gasteiger partial charge in [-0.25, -0.2) is 0 Å². The zero-order valence-corrected chi connectivity index (χ0v) is 7.92. The molecule has 1 saturated heterocycles. The molecule has 0 aromatic carbocycles. The number of nitrogens with one attached hydrogen (secondary N) is 1. The SMILES string of the molecule is O=C(OC1CCC1)C1CCCNC1. The summed E-state index contributed by atoms with van der Waals surface area (Å²) in [5, 5.41) is 3.22. The molecule has 1 atom stereocenters. The molecule has 74 valence electrons. The lowest BCUT2D eigenvalue weighted by molar-refractivity contribution is -0.158. The van der Waals surface area contributed by atoms with E-state index in [-0.39, 0.29) is 18.0 Å². The number of rotatable bonds is 2. The zero-order chi connectivity index (χ0) is 9.10. The van der Waals surface area contributed by atoms with E-state index < -0.39 is 0 Å². The molecule has 1 aliphatic heterocycles. The molecule has 0 radical (unpaired) electrons. The van der Waals surface area contributed by atoms with Gasteiger partial charge in [0, 0.05) is 6.54 Å². The fraction of sp³-hybridized carbons (Fsp3) is 0.900. The number of ether oxygens (including phenoxy) is 1. The predicted octanol–water partition coefficient (Wildman–Crippen LogP) is 1.08. The smallest absolute Gasteiger partial charge is 0.310 e. The topological polar surface area (TPSA) is 38.3 Å². The highest BCUT2D eigenvalue weighted by Gasteiger charge is 2.27. The van der Waals surface area contributed by atoms with Crippen LogP contribution in [0.15, 0.2) is 0 Å². The van der Waals surface area contributed by atoms with Gasteiger partial charge in [0.25, 0.3) is 0 Å². The highest BCUT2D eigenvalue weighted by Crippen LogP contribution is 2.24. The van der Waals surface area contributed by atoms with Crippen molar-refractivity contribution in [3.63, 3.8) is 0 Å². The van der Waals surface area contributed by atoms with E-state index in [1.807, 2.05) is 0 Å². The van der Waals surface area contributed by atoms with Crippen LogP contribution in [0.2, 0.25) is 0 Å². The monoisotopic (exact) mass is 183 g/mol. The molecule has 1 unspecified atom stereocenters. The van der Waals surface area contributed by atoms with Gasteiger partial charge in [-0.15, -0.1) is 0 Å². The summed E-state index contributed by atoms with van der Waals surface area (Å²) in [6, 6.07) is 0. The van der Waals surface area contributed by atoms with Gasteiger partial charge in [0.1, 0.15) is 6.10 Å². The summed E-state index contributed by atoms with van der Waals surface area (Å²) in [6.07, 6.45) is 5.72. The minimum Gasteiger partial charge on any atom is -0.462 e. The molecule has 3 nitrogen and oxygen atoms in total. The minimum atomic E-state index is 0.0249. The summed E-state index contributed by atoms with van der Waals surface area (Å²) in [5.74, 6) is 0.145. The van der Waals surface area contributed by atoms with Crippen molar-refractivity contribution in [3.8, 4) is 0 Å². The molecule has 13 heavy (non-hydrogen) atoms. The molecule has 0 aromatic heterocycles. The average Bonchev–Trinajstić information content (AvgIpc) is 2.12. The summed E-state index contributed by atoms with van der Waals surface area (Å²) < 4.78 is 5.35. The summed E-state index contributed by atoms with van der Waals surface area (Å²) in [5.41, 5.74) is 0. The molecule has 1 N–H and O–H groups in total. The fourth-order valence-electron chi connectivity index (χ4n) is 1.80. The largest absolute Gasteiger partial charge is 0.462 e. The first-order valence-electron chi connectivity index (χ1n) is 5.27. The molecule has 0 bridgehead atoms. The summed E-state index contributed by atoms with van der Waals surface area (Å²) in [7, 11) is 0. The number of hydrogen-bond donors (Lipinski definition) is 1. The van der Waals surface area contributed by atoms with E-state index in [4.69, 9.17) is 4.74 Å². The second kappa shape index (κ2) is 4.09. The Kier molecular flexibility index (Phi) is 2.83. The standard InChI is InChI=1S/C10H17NO2/c12-10(13-9-4-1-5-9)8-3-2-6-11-7-8/h8-9,11H,1-7H2. The number of hydrogen-bond acceptors (Lipinski definition) is 3. The Morgan fingerprint density at radius 2 is 2.08 bits per heavy atom. The van der Waals surface area contributed by atoms with Crippen molar-refractivity contribution in [2.75, 3.05) is 13.1 Å². The fourth-order valence-corrected chi connectivity index (χ4v) is 1.80. The molecule has 1 saturated carbocycles. The van der Waals surface area contributed by atoms with Gasteiger partial charge in [0.2, 0.25) is 0 Å². The summed E-state index contributed by atoms with van der Waals surface area (Å²) in [4.78, 5) is 11.5. The van der Waals surface area contributed by atoms with Crippen LogP contribution in [0.4, 0.5) is 0 Å². The van der Waals surface area contributed by atoms with Gasteiger partial charge in [-0.2, -0.15) is 0 Å². The van der Waals surface area contributed by atoms with Crippen LogP contribution in [0.3, 0.4) is 0 Å². The van der Waals surface area contributed by atoms with Gasteiger partial charge in [-0.3, -0.25) is 4.79 Å². The van der Waals surface area contributed by atoms with E-state index in [0.717, 1.165) is 38.8 Å². The first-order valence-corrected chi connectivity index (χ1v) is 5.27. The molecular formula is C10H17NO2. The molecule has 1 aliphatic carbocycles. The van der Waals surface area contributed by atoms with E-state index in [1.165, 1.54) is 6.42 Å². The minimum absolute atomic E-state index is 0.0249. The molecule has 2 aliphatic rings. The highest BCUT2D eigenvalue weighted by molar-refractivity contribution is 5.73. The number of carbonyl (C=O) groups is 1. The van der Waals surface area contributed by atoms with Crippen LogP contribution in [0, 0.1) is 5.92 Å². The second-order valence-corrected chi connectivity index (χ2v) is 4.03. The van der Waals surface area contributed by atoms with Crippen molar-refractivity contribution in [1.29, 1.82) is 0 Å². The Morgan fingerprint density at radius 3 is 2.62 bits per heavy atom. The summed E-state index contributed by atoms with van der Waals surface area (Å²) >= 11 is 0. The molecule has 0 amide bonds. The molecule has 0 aromatic rings. The maximum atomic E-state index is 11.5. The van der Waals surface area contributed by atoms with Crippen molar-refractivity contribution in [2.45, 2.75) is 38.2 Å². The van der Waals surface area contributed by atoms with E-state index in [2.05, 4.69) is 5.32 Å². The lowest BCUT2D eigenvalue weighted by Crippen LogP contribution is -2.37. The van der Waals surface area contributed by atoms with Crippen LogP contribution in [-0.2, 0) is 9.53 Å². The van der Waals surface area contributed by atoms with Crippen LogP contribution in [0.25, 0.3) is 0 Å². The molecule has 2 fully saturated rings. The Bertz CT molecular complexity index is 183. The lowest BCUT2D eigenvalue weighted by atomic mass is 9.95. The van der Waals surface area contributed by atoms with Gasteiger partial charge in [-0.1, -0.05) is 0 Å². The maximum Gasteiger partial charge on any atom is 0.310 e. The van der Waals surface area contributed by atoms with Gasteiger partial charge in [0.05, 0.1) is 5.92 Å². The van der Waals surface area contributed by atoms with E-state index in [9.17, 15) is 4.79 Å². The van der Waals surface area contributed by atoms with Crippen molar-refractivity contribution in [3.05, 3.63) is 0 Å².